The zero-order valence-corrected chi connectivity index (χ0v) is 17.8. The quantitative estimate of drug-likeness (QED) is 0.286. The van der Waals surface area contributed by atoms with Crippen LogP contribution in [0.2, 0.25) is 0 Å². The molecule has 1 aliphatic rings. The molecule has 0 spiro atoms. The van der Waals surface area contributed by atoms with Crippen LogP contribution in [0.4, 0.5) is 23.0 Å². The second-order valence-electron chi connectivity index (χ2n) is 6.95. The molecule has 0 fully saturated rings. The van der Waals surface area contributed by atoms with Gasteiger partial charge in [0.05, 0.1) is 10.6 Å². The monoisotopic (exact) mass is 459 g/mol. The van der Waals surface area contributed by atoms with Gasteiger partial charge in [0.1, 0.15) is 29.3 Å². The number of anilines is 4. The van der Waals surface area contributed by atoms with Crippen molar-refractivity contribution in [2.75, 3.05) is 21.5 Å². The van der Waals surface area contributed by atoms with Crippen molar-refractivity contribution in [1.29, 1.82) is 10.5 Å². The zero-order valence-electron chi connectivity index (χ0n) is 16.9. The van der Waals surface area contributed by atoms with Crippen molar-refractivity contribution in [2.45, 2.75) is 10.9 Å². The number of nitrogens with one attached hydrogen (secondary N) is 3. The van der Waals surface area contributed by atoms with Crippen LogP contribution in [-0.4, -0.2) is 19.4 Å². The Labute approximate surface area is 189 Å². The van der Waals surface area contributed by atoms with E-state index >= 15 is 0 Å². The molecule has 164 valence electrons. The van der Waals surface area contributed by atoms with Gasteiger partial charge in [0.15, 0.2) is 6.19 Å². The third-order valence-corrected chi connectivity index (χ3v) is 6.26. The van der Waals surface area contributed by atoms with Crippen molar-refractivity contribution in [3.8, 4) is 12.3 Å². The average Bonchev–Trinajstić information content (AvgIpc) is 2.79. The number of hydrogen-bond acceptors (Lipinski definition) is 10. The number of aliphatic imine (C=N–C) groups is 1. The summed E-state index contributed by atoms with van der Waals surface area (Å²) in [5.41, 5.74) is 13.4. The number of nitrogen functional groups attached to an aromatic ring is 2. The molecule has 2 heterocycles. The average molecular weight is 459 g/mol. The number of guanidine groups is 1. The van der Waals surface area contributed by atoms with E-state index in [4.69, 9.17) is 16.7 Å². The van der Waals surface area contributed by atoms with Crippen LogP contribution in [0, 0.1) is 22.8 Å². The minimum absolute atomic E-state index is 0.00776. The largest absolute Gasteiger partial charge is 0.397 e. The Balaban J connectivity index is 1.80. The predicted octanol–water partition coefficient (Wildman–Crippen LogP) is 1.86. The van der Waals surface area contributed by atoms with Crippen LogP contribution >= 0.6 is 0 Å². The fraction of sp³-hybridized carbons (Fsp3) is 0.0476. The number of fused-ring (bicyclic) bond motifs is 1. The second-order valence-corrected chi connectivity index (χ2v) is 8.63. The summed E-state index contributed by atoms with van der Waals surface area (Å²) in [6.07, 6.45) is 1.78. The van der Waals surface area contributed by atoms with Crippen molar-refractivity contribution < 1.29 is 8.42 Å². The summed E-state index contributed by atoms with van der Waals surface area (Å²) in [6, 6.07) is 15.6. The number of hydrogen-bond donors (Lipinski definition) is 5. The Morgan fingerprint density at radius 2 is 1.82 bits per heavy atom. The summed E-state index contributed by atoms with van der Waals surface area (Å²) in [6.45, 7) is 0. The lowest BCUT2D eigenvalue weighted by molar-refractivity contribution is 0.601. The normalized spacial score (nSPS) is 14.6. The molecule has 1 atom stereocenters. The number of aromatic nitrogens is 1. The molecular formula is C21H17N9O2S. The molecule has 7 N–H and O–H groups in total. The first kappa shape index (κ1) is 21.4. The molecule has 2 aromatic carbocycles. The maximum atomic E-state index is 12.7. The first-order chi connectivity index (χ1) is 15.8. The lowest BCUT2D eigenvalue weighted by atomic mass is 9.95. The van der Waals surface area contributed by atoms with E-state index in [0.717, 1.165) is 0 Å². The van der Waals surface area contributed by atoms with Gasteiger partial charge in [-0.15, -0.1) is 0 Å². The standard InChI is InChI=1S/C21H17N9O2S/c22-10-15-17(24)16-18(27-21(26-11-23)29-20(16)28-19(15)25)12-5-4-6-13(9-12)30-33(31,32)14-7-2-1-3-8-14/h1-9,18,30H,(H6,24,25,26,27,28,29). The van der Waals surface area contributed by atoms with Crippen molar-refractivity contribution >= 4 is 39.0 Å². The highest BCUT2D eigenvalue weighted by molar-refractivity contribution is 7.92. The van der Waals surface area contributed by atoms with E-state index in [0.29, 0.717) is 16.8 Å². The van der Waals surface area contributed by atoms with Crippen molar-refractivity contribution in [2.24, 2.45) is 4.99 Å². The van der Waals surface area contributed by atoms with Crippen LogP contribution in [0.1, 0.15) is 22.7 Å². The van der Waals surface area contributed by atoms with Crippen LogP contribution < -0.4 is 26.8 Å². The Kier molecular flexibility index (Phi) is 5.44. The molecule has 4 rings (SSSR count). The molecule has 12 heteroatoms. The van der Waals surface area contributed by atoms with Gasteiger partial charge in [0.25, 0.3) is 10.0 Å². The van der Waals surface area contributed by atoms with Gasteiger partial charge < -0.3 is 16.8 Å². The lowest BCUT2D eigenvalue weighted by Crippen LogP contribution is -2.32. The van der Waals surface area contributed by atoms with E-state index in [1.165, 1.54) is 12.1 Å². The fourth-order valence-electron chi connectivity index (χ4n) is 3.41. The summed E-state index contributed by atoms with van der Waals surface area (Å²) in [4.78, 5) is 8.78. The van der Waals surface area contributed by atoms with Crippen LogP contribution in [0.5, 0.6) is 0 Å². The molecule has 11 nitrogen and oxygen atoms in total. The van der Waals surface area contributed by atoms with Crippen LogP contribution in [-0.2, 0) is 10.0 Å². The molecule has 1 aliphatic heterocycles. The number of rotatable bonds is 4. The molecule has 0 radical (unpaired) electrons. The molecule has 33 heavy (non-hydrogen) atoms. The number of nitrogens with two attached hydrogens (primary N) is 2. The van der Waals surface area contributed by atoms with Gasteiger partial charge in [0.2, 0.25) is 5.96 Å². The Bertz CT molecular complexity index is 1460. The number of pyridine rings is 1. The number of nitriles is 2. The molecule has 0 aliphatic carbocycles. The third-order valence-electron chi connectivity index (χ3n) is 4.87. The maximum absolute atomic E-state index is 12.7. The predicted molar refractivity (Wildman–Crippen MR) is 123 cm³/mol. The molecule has 0 amide bonds. The van der Waals surface area contributed by atoms with E-state index < -0.39 is 16.1 Å². The van der Waals surface area contributed by atoms with E-state index in [2.05, 4.69) is 25.3 Å². The SMILES string of the molecule is N#CNC1=NC(c2cccc(NS(=O)(=O)c3ccccc3)c2)c2c(nc(N)c(C#N)c2N)N1. The van der Waals surface area contributed by atoms with Gasteiger partial charge in [-0.3, -0.25) is 10.0 Å². The Morgan fingerprint density at radius 3 is 2.52 bits per heavy atom. The smallest absolute Gasteiger partial charge is 0.261 e. The number of nitrogens with zero attached hydrogens (tertiary/aromatic N) is 4. The highest BCUT2D eigenvalue weighted by Gasteiger charge is 2.30. The van der Waals surface area contributed by atoms with E-state index in [1.54, 1.807) is 48.7 Å². The minimum atomic E-state index is -3.82. The van der Waals surface area contributed by atoms with Gasteiger partial charge >= 0.3 is 0 Å². The minimum Gasteiger partial charge on any atom is -0.397 e. The first-order valence-electron chi connectivity index (χ1n) is 9.50. The summed E-state index contributed by atoms with van der Waals surface area (Å²) in [7, 11) is -3.82. The fourth-order valence-corrected chi connectivity index (χ4v) is 4.48. The van der Waals surface area contributed by atoms with Gasteiger partial charge in [0, 0.05) is 11.3 Å². The summed E-state index contributed by atoms with van der Waals surface area (Å²) >= 11 is 0. The lowest BCUT2D eigenvalue weighted by Gasteiger charge is -2.26. The van der Waals surface area contributed by atoms with Gasteiger partial charge in [-0.1, -0.05) is 30.3 Å². The first-order valence-corrected chi connectivity index (χ1v) is 11.0. The highest BCUT2D eigenvalue weighted by atomic mass is 32.2. The zero-order chi connectivity index (χ0) is 23.6. The topological polar surface area (TPSA) is 195 Å². The summed E-state index contributed by atoms with van der Waals surface area (Å²) < 4.78 is 28.0. The van der Waals surface area contributed by atoms with Gasteiger partial charge in [-0.2, -0.15) is 10.5 Å². The maximum Gasteiger partial charge on any atom is 0.261 e. The van der Waals surface area contributed by atoms with E-state index in [-0.39, 0.29) is 33.7 Å². The van der Waals surface area contributed by atoms with E-state index in [1.807, 2.05) is 6.07 Å². The van der Waals surface area contributed by atoms with E-state index in [9.17, 15) is 13.7 Å². The molecule has 1 unspecified atom stereocenters. The molecular weight excluding hydrogens is 442 g/mol. The summed E-state index contributed by atoms with van der Waals surface area (Å²) in [5.74, 6) is 0.265. The molecule has 3 aromatic rings. The molecule has 0 saturated carbocycles. The molecule has 0 saturated heterocycles. The third kappa shape index (κ3) is 4.06. The van der Waals surface area contributed by atoms with Crippen LogP contribution in [0.3, 0.4) is 0 Å². The Morgan fingerprint density at radius 1 is 1.06 bits per heavy atom. The van der Waals surface area contributed by atoms with Crippen LogP contribution in [0.15, 0.2) is 64.5 Å². The summed E-state index contributed by atoms with van der Waals surface area (Å²) in [5, 5.41) is 23.7. The molecule has 0 bridgehead atoms. The van der Waals surface area contributed by atoms with Gasteiger partial charge in [-0.25, -0.2) is 18.4 Å². The number of sulfonamides is 1. The van der Waals surface area contributed by atoms with Crippen molar-refractivity contribution in [3.63, 3.8) is 0 Å². The molecule has 1 aromatic heterocycles. The van der Waals surface area contributed by atoms with Crippen molar-refractivity contribution in [3.05, 3.63) is 71.3 Å². The Hall–Kier alpha value is -4.81. The number of benzene rings is 2. The van der Waals surface area contributed by atoms with Crippen LogP contribution in [0.25, 0.3) is 0 Å². The van der Waals surface area contributed by atoms with Gasteiger partial charge in [-0.05, 0) is 29.8 Å². The second kappa shape index (κ2) is 8.37. The highest BCUT2D eigenvalue weighted by Crippen LogP contribution is 2.41. The van der Waals surface area contributed by atoms with Crippen molar-refractivity contribution in [1.82, 2.24) is 10.3 Å².